The molecule has 1 radical (unpaired) electrons. The molecule has 0 heterocycles. The van der Waals surface area contributed by atoms with E-state index in [1.807, 2.05) is 0 Å². The Morgan fingerprint density at radius 2 is 1.87 bits per heavy atom. The lowest BCUT2D eigenvalue weighted by atomic mass is 10.0. The molecule has 3 heteroatoms. The van der Waals surface area contributed by atoms with Crippen molar-refractivity contribution in [1.29, 1.82) is 0 Å². The van der Waals surface area contributed by atoms with Gasteiger partial charge in [0.15, 0.2) is 0 Å². The number of halogens is 3. The fraction of sp³-hybridized carbons (Fsp3) is 0. The molecule has 0 aromatic heterocycles. The molecular weight excluding hydrogens is 218 g/mol. The highest BCUT2D eigenvalue weighted by molar-refractivity contribution is 6.30. The second kappa shape index (κ2) is 3.99. The first-order valence-electron chi connectivity index (χ1n) is 4.30. The van der Waals surface area contributed by atoms with E-state index in [4.69, 9.17) is 11.6 Å². The predicted molar refractivity (Wildman–Crippen MR) is 55.6 cm³/mol. The van der Waals surface area contributed by atoms with Crippen LogP contribution < -0.4 is 0 Å². The summed E-state index contributed by atoms with van der Waals surface area (Å²) in [5, 5.41) is 0.288. The fourth-order valence-corrected chi connectivity index (χ4v) is 1.49. The summed E-state index contributed by atoms with van der Waals surface area (Å²) in [5.41, 5.74) is 0.375. The molecule has 0 amide bonds. The van der Waals surface area contributed by atoms with Crippen LogP contribution in [0.4, 0.5) is 8.78 Å². The van der Waals surface area contributed by atoms with Gasteiger partial charge in [-0.15, -0.1) is 0 Å². The van der Waals surface area contributed by atoms with Crippen molar-refractivity contribution < 1.29 is 8.78 Å². The molecule has 0 fully saturated rings. The number of hydrogen-bond donors (Lipinski definition) is 0. The smallest absolute Gasteiger partial charge is 0.139 e. The summed E-state index contributed by atoms with van der Waals surface area (Å²) < 4.78 is 26.8. The molecule has 0 aliphatic heterocycles. The quantitative estimate of drug-likeness (QED) is 0.683. The van der Waals surface area contributed by atoms with Crippen molar-refractivity contribution >= 4 is 11.6 Å². The molecule has 2 rings (SSSR count). The third kappa shape index (κ3) is 2.00. The Morgan fingerprint density at radius 3 is 2.53 bits per heavy atom. The zero-order chi connectivity index (χ0) is 10.8. The van der Waals surface area contributed by atoms with Gasteiger partial charge in [0.1, 0.15) is 11.6 Å². The van der Waals surface area contributed by atoms with Crippen LogP contribution in [-0.2, 0) is 0 Å². The van der Waals surface area contributed by atoms with Gasteiger partial charge in [0.2, 0.25) is 0 Å². The van der Waals surface area contributed by atoms with Gasteiger partial charge in [0, 0.05) is 22.2 Å². The average molecular weight is 224 g/mol. The molecule has 0 nitrogen and oxygen atoms in total. The lowest BCUT2D eigenvalue weighted by molar-refractivity contribution is 0.615. The fourth-order valence-electron chi connectivity index (χ4n) is 1.33. The minimum atomic E-state index is -0.571. The molecule has 0 aliphatic rings. The molecule has 0 N–H and O–H groups in total. The first-order valence-corrected chi connectivity index (χ1v) is 4.68. The molecular formula is C12H6ClF2. The van der Waals surface area contributed by atoms with Gasteiger partial charge in [-0.05, 0) is 18.2 Å². The maximum Gasteiger partial charge on any atom is 0.139 e. The molecule has 0 bridgehead atoms. The van der Waals surface area contributed by atoms with E-state index in [9.17, 15) is 8.78 Å². The molecule has 0 spiro atoms. The zero-order valence-corrected chi connectivity index (χ0v) is 8.35. The van der Waals surface area contributed by atoms with E-state index in [1.165, 1.54) is 24.3 Å². The highest BCUT2D eigenvalue weighted by atomic mass is 35.5. The Balaban J connectivity index is 2.60. The minimum absolute atomic E-state index is 0.187. The Labute approximate surface area is 91.1 Å². The Kier molecular flexibility index (Phi) is 2.69. The van der Waals surface area contributed by atoms with Crippen LogP contribution in [0.1, 0.15) is 0 Å². The van der Waals surface area contributed by atoms with Crippen LogP contribution in [0.15, 0.2) is 36.4 Å². The van der Waals surface area contributed by atoms with Gasteiger partial charge in [-0.2, -0.15) is 0 Å². The van der Waals surface area contributed by atoms with Gasteiger partial charge in [0.05, 0.1) is 0 Å². The first kappa shape index (κ1) is 10.1. The van der Waals surface area contributed by atoms with E-state index < -0.39 is 11.6 Å². The summed E-state index contributed by atoms with van der Waals surface area (Å²) in [6.07, 6.45) is 0. The van der Waals surface area contributed by atoms with Crippen molar-refractivity contribution in [3.05, 3.63) is 59.1 Å². The highest BCUT2D eigenvalue weighted by Gasteiger charge is 2.09. The van der Waals surface area contributed by atoms with Gasteiger partial charge < -0.3 is 0 Å². The predicted octanol–water partition coefficient (Wildman–Crippen LogP) is 4.09. The lowest BCUT2D eigenvalue weighted by Gasteiger charge is -2.04. The van der Waals surface area contributed by atoms with E-state index in [2.05, 4.69) is 6.07 Å². The van der Waals surface area contributed by atoms with Crippen LogP contribution in [0, 0.1) is 17.7 Å². The van der Waals surface area contributed by atoms with E-state index in [1.54, 1.807) is 6.07 Å². The largest absolute Gasteiger partial charge is 0.206 e. The molecule has 2 aromatic rings. The Morgan fingerprint density at radius 1 is 1.07 bits per heavy atom. The summed E-state index contributed by atoms with van der Waals surface area (Å²) >= 11 is 5.60. The van der Waals surface area contributed by atoms with E-state index in [0.29, 0.717) is 0 Å². The van der Waals surface area contributed by atoms with Crippen molar-refractivity contribution in [2.45, 2.75) is 0 Å². The third-order valence-electron chi connectivity index (χ3n) is 2.03. The summed E-state index contributed by atoms with van der Waals surface area (Å²) in [7, 11) is 0. The van der Waals surface area contributed by atoms with Crippen LogP contribution in [0.5, 0.6) is 0 Å². The van der Waals surface area contributed by atoms with E-state index in [0.717, 1.165) is 6.07 Å². The van der Waals surface area contributed by atoms with Gasteiger partial charge in [0.25, 0.3) is 0 Å². The SMILES string of the molecule is Fc1[c]cccc1-c1ccc(Cl)cc1F. The van der Waals surface area contributed by atoms with Crippen LogP contribution in [0.25, 0.3) is 11.1 Å². The Bertz CT molecular complexity index is 495. The van der Waals surface area contributed by atoms with Gasteiger partial charge in [-0.25, -0.2) is 8.78 Å². The molecule has 2 aromatic carbocycles. The van der Waals surface area contributed by atoms with Gasteiger partial charge >= 0.3 is 0 Å². The van der Waals surface area contributed by atoms with Gasteiger partial charge in [-0.1, -0.05) is 29.8 Å². The highest BCUT2D eigenvalue weighted by Crippen LogP contribution is 2.26. The normalized spacial score (nSPS) is 10.3. The summed E-state index contributed by atoms with van der Waals surface area (Å²) in [6.45, 7) is 0. The molecule has 0 saturated heterocycles. The molecule has 0 unspecified atom stereocenters. The summed E-state index contributed by atoms with van der Waals surface area (Å²) in [6, 6.07) is 11.0. The number of benzene rings is 2. The first-order chi connectivity index (χ1) is 7.18. The maximum atomic E-state index is 13.5. The van der Waals surface area contributed by atoms with Gasteiger partial charge in [-0.3, -0.25) is 0 Å². The van der Waals surface area contributed by atoms with Crippen molar-refractivity contribution in [1.82, 2.24) is 0 Å². The second-order valence-electron chi connectivity index (χ2n) is 3.02. The maximum absolute atomic E-state index is 13.5. The second-order valence-corrected chi connectivity index (χ2v) is 3.46. The standard InChI is InChI=1S/C12H6ClF2/c13-8-5-6-10(12(15)7-8)9-3-1-2-4-11(9)14/h1-3,5-7H. The van der Waals surface area contributed by atoms with Crippen LogP contribution >= 0.6 is 11.6 Å². The van der Waals surface area contributed by atoms with Crippen LogP contribution in [0.3, 0.4) is 0 Å². The average Bonchev–Trinajstić information content (AvgIpc) is 2.20. The van der Waals surface area contributed by atoms with Crippen molar-refractivity contribution in [3.8, 4) is 11.1 Å². The third-order valence-corrected chi connectivity index (χ3v) is 2.26. The minimum Gasteiger partial charge on any atom is -0.206 e. The topological polar surface area (TPSA) is 0 Å². The van der Waals surface area contributed by atoms with E-state index >= 15 is 0 Å². The lowest BCUT2D eigenvalue weighted by Crippen LogP contribution is -1.88. The van der Waals surface area contributed by atoms with Crippen LogP contribution in [0.2, 0.25) is 5.02 Å². The monoisotopic (exact) mass is 223 g/mol. The molecule has 0 saturated carbocycles. The van der Waals surface area contributed by atoms with E-state index in [-0.39, 0.29) is 16.1 Å². The molecule has 0 aliphatic carbocycles. The zero-order valence-electron chi connectivity index (χ0n) is 7.60. The summed E-state index contributed by atoms with van der Waals surface area (Å²) in [4.78, 5) is 0. The van der Waals surface area contributed by atoms with Crippen molar-refractivity contribution in [2.75, 3.05) is 0 Å². The van der Waals surface area contributed by atoms with Crippen molar-refractivity contribution in [2.24, 2.45) is 0 Å². The number of hydrogen-bond acceptors (Lipinski definition) is 0. The summed E-state index contributed by atoms with van der Waals surface area (Å²) in [5.74, 6) is -1.11. The Hall–Kier alpha value is -1.41. The van der Waals surface area contributed by atoms with Crippen molar-refractivity contribution in [3.63, 3.8) is 0 Å². The van der Waals surface area contributed by atoms with Crippen LogP contribution in [-0.4, -0.2) is 0 Å². The molecule has 15 heavy (non-hydrogen) atoms. The number of rotatable bonds is 1. The molecule has 75 valence electrons. The molecule has 0 atom stereocenters.